The lowest BCUT2D eigenvalue weighted by molar-refractivity contribution is -0.139. The molecule has 0 aliphatic carbocycles. The second kappa shape index (κ2) is 12.4. The number of ether oxygens (including phenoxy) is 1. The molecule has 2 amide bonds. The molecule has 7 heteroatoms. The number of amides is 2. The Morgan fingerprint density at radius 3 is 2.49 bits per heavy atom. The number of benzene rings is 2. The molecule has 2 fully saturated rings. The van der Waals surface area contributed by atoms with E-state index in [4.69, 9.17) is 4.74 Å². The molecule has 2 aliphatic rings. The van der Waals surface area contributed by atoms with Gasteiger partial charge in [-0.25, -0.2) is 0 Å². The third-order valence-electron chi connectivity index (χ3n) is 8.33. The number of aromatic nitrogens is 1. The highest BCUT2D eigenvalue weighted by molar-refractivity contribution is 5.85. The summed E-state index contributed by atoms with van der Waals surface area (Å²) in [5.41, 5.74) is 2.85. The lowest BCUT2D eigenvalue weighted by atomic mass is 9.77. The molecule has 2 aliphatic heterocycles. The highest BCUT2D eigenvalue weighted by Crippen LogP contribution is 2.42. The molecule has 2 saturated heterocycles. The first-order valence-corrected chi connectivity index (χ1v) is 13.9. The van der Waals surface area contributed by atoms with Crippen LogP contribution in [0.2, 0.25) is 0 Å². The molecule has 1 aromatic heterocycles. The first-order chi connectivity index (χ1) is 19.1. The maximum atomic E-state index is 13.4. The Morgan fingerprint density at radius 1 is 1.00 bits per heavy atom. The predicted molar refractivity (Wildman–Crippen MR) is 151 cm³/mol. The zero-order valence-electron chi connectivity index (χ0n) is 22.7. The van der Waals surface area contributed by atoms with E-state index in [1.807, 2.05) is 65.7 Å². The number of rotatable bonds is 10. The summed E-state index contributed by atoms with van der Waals surface area (Å²) < 4.78 is 5.43. The van der Waals surface area contributed by atoms with Gasteiger partial charge in [0.2, 0.25) is 11.8 Å². The van der Waals surface area contributed by atoms with Gasteiger partial charge < -0.3 is 19.9 Å². The number of methoxy groups -OCH3 is 1. The zero-order valence-corrected chi connectivity index (χ0v) is 22.7. The van der Waals surface area contributed by atoms with Crippen LogP contribution in [0.3, 0.4) is 0 Å². The minimum absolute atomic E-state index is 0.0174. The van der Waals surface area contributed by atoms with Gasteiger partial charge in [0.1, 0.15) is 5.75 Å². The highest BCUT2D eigenvalue weighted by atomic mass is 16.5. The number of nitrogens with zero attached hydrogens (tertiary/aromatic N) is 3. The van der Waals surface area contributed by atoms with Crippen LogP contribution in [0.4, 0.5) is 0 Å². The van der Waals surface area contributed by atoms with Gasteiger partial charge in [0.15, 0.2) is 0 Å². The largest absolute Gasteiger partial charge is 0.496 e. The Hall–Kier alpha value is -3.71. The fourth-order valence-electron chi connectivity index (χ4n) is 6.01. The number of nitrogens with one attached hydrogen (secondary N) is 1. The van der Waals surface area contributed by atoms with E-state index < -0.39 is 0 Å². The summed E-state index contributed by atoms with van der Waals surface area (Å²) in [4.78, 5) is 35.1. The maximum absolute atomic E-state index is 13.4. The van der Waals surface area contributed by atoms with Crippen molar-refractivity contribution in [2.75, 3.05) is 33.3 Å². The van der Waals surface area contributed by atoms with Crippen LogP contribution in [-0.4, -0.2) is 59.9 Å². The van der Waals surface area contributed by atoms with Crippen molar-refractivity contribution in [3.8, 4) is 5.75 Å². The first-order valence-electron chi connectivity index (χ1n) is 13.9. The van der Waals surface area contributed by atoms with Crippen molar-refractivity contribution in [3.05, 3.63) is 95.8 Å². The van der Waals surface area contributed by atoms with Gasteiger partial charge in [-0.1, -0.05) is 54.6 Å². The van der Waals surface area contributed by atoms with E-state index in [-0.39, 0.29) is 23.8 Å². The summed E-state index contributed by atoms with van der Waals surface area (Å²) in [6, 6.07) is 21.7. The Labute approximate surface area is 231 Å². The lowest BCUT2D eigenvalue weighted by Gasteiger charge is -2.38. The average molecular weight is 527 g/mol. The highest BCUT2D eigenvalue weighted by Gasteiger charge is 2.47. The lowest BCUT2D eigenvalue weighted by Crippen LogP contribution is -2.45. The van der Waals surface area contributed by atoms with Gasteiger partial charge in [-0.2, -0.15) is 0 Å². The minimum atomic E-state index is -0.222. The Kier molecular flexibility index (Phi) is 8.57. The third kappa shape index (κ3) is 6.48. The molecular weight excluding hydrogens is 488 g/mol. The molecule has 39 heavy (non-hydrogen) atoms. The number of carbonyl (C=O) groups excluding carboxylic acids is 2. The molecule has 1 spiro atoms. The van der Waals surface area contributed by atoms with Crippen LogP contribution in [0, 0.1) is 5.41 Å². The standard InChI is InChI=1S/C32H38N4O3/c1-39-29-12-6-5-11-27(29)22-30(37)34-28(26-9-3-2-4-10-26)13-18-35-19-14-32(15-20-35)16-21-36(31(32)38)24-25-8-7-17-33-23-25/h2-12,17,23,28H,13-16,18-22,24H2,1H3,(H,34,37). The van der Waals surface area contributed by atoms with Crippen LogP contribution >= 0.6 is 0 Å². The summed E-state index contributed by atoms with van der Waals surface area (Å²) in [6.07, 6.45) is 7.43. The number of carbonyl (C=O) groups is 2. The van der Waals surface area contributed by atoms with Crippen LogP contribution in [0.25, 0.3) is 0 Å². The molecule has 0 saturated carbocycles. The SMILES string of the molecule is COc1ccccc1CC(=O)NC(CCN1CCC2(CC1)CCN(Cc1cccnc1)C2=O)c1ccccc1. The van der Waals surface area contributed by atoms with E-state index in [0.717, 1.165) is 74.3 Å². The smallest absolute Gasteiger partial charge is 0.229 e. The molecule has 204 valence electrons. The third-order valence-corrected chi connectivity index (χ3v) is 8.33. The zero-order chi connectivity index (χ0) is 27.1. The number of para-hydroxylation sites is 1. The second-order valence-corrected chi connectivity index (χ2v) is 10.8. The maximum Gasteiger partial charge on any atom is 0.229 e. The van der Waals surface area contributed by atoms with Crippen molar-refractivity contribution in [2.24, 2.45) is 5.41 Å². The van der Waals surface area contributed by atoms with Crippen molar-refractivity contribution < 1.29 is 14.3 Å². The monoisotopic (exact) mass is 526 g/mol. The quantitative estimate of drug-likeness (QED) is 0.424. The summed E-state index contributed by atoms with van der Waals surface area (Å²) in [6.45, 7) is 4.15. The van der Waals surface area contributed by atoms with Crippen molar-refractivity contribution >= 4 is 11.8 Å². The molecule has 5 rings (SSSR count). The van der Waals surface area contributed by atoms with Gasteiger partial charge in [-0.05, 0) is 62.0 Å². The molecule has 1 unspecified atom stereocenters. The van der Waals surface area contributed by atoms with Crippen molar-refractivity contribution in [3.63, 3.8) is 0 Å². The number of hydrogen-bond donors (Lipinski definition) is 1. The molecule has 0 bridgehead atoms. The van der Waals surface area contributed by atoms with Crippen LogP contribution in [0.15, 0.2) is 79.1 Å². The molecule has 3 heterocycles. The van der Waals surface area contributed by atoms with E-state index in [9.17, 15) is 9.59 Å². The van der Waals surface area contributed by atoms with Crippen LogP contribution in [-0.2, 0) is 22.6 Å². The molecule has 1 atom stereocenters. The van der Waals surface area contributed by atoms with Crippen LogP contribution < -0.4 is 10.1 Å². The molecule has 2 aromatic carbocycles. The number of piperidine rings is 1. The normalized spacial score (nSPS) is 17.8. The Bertz CT molecular complexity index is 1240. The fourth-order valence-corrected chi connectivity index (χ4v) is 6.01. The molecular formula is C32H38N4O3. The van der Waals surface area contributed by atoms with E-state index in [2.05, 4.69) is 27.3 Å². The molecule has 3 aromatic rings. The summed E-state index contributed by atoms with van der Waals surface area (Å²) in [7, 11) is 1.63. The minimum Gasteiger partial charge on any atom is -0.496 e. The van der Waals surface area contributed by atoms with Crippen molar-refractivity contribution in [1.82, 2.24) is 20.1 Å². The fraction of sp³-hybridized carbons (Fsp3) is 0.406. The number of likely N-dealkylation sites (tertiary alicyclic amines) is 2. The number of hydrogen-bond acceptors (Lipinski definition) is 5. The Morgan fingerprint density at radius 2 is 1.74 bits per heavy atom. The molecule has 1 N–H and O–H groups in total. The average Bonchev–Trinajstić information content (AvgIpc) is 3.27. The van der Waals surface area contributed by atoms with Gasteiger partial charge in [0.25, 0.3) is 0 Å². The van der Waals surface area contributed by atoms with E-state index in [1.54, 1.807) is 13.3 Å². The second-order valence-electron chi connectivity index (χ2n) is 10.8. The topological polar surface area (TPSA) is 74.8 Å². The Balaban J connectivity index is 1.16. The molecule has 7 nitrogen and oxygen atoms in total. The van der Waals surface area contributed by atoms with Crippen molar-refractivity contribution in [2.45, 2.75) is 44.7 Å². The van der Waals surface area contributed by atoms with E-state index >= 15 is 0 Å². The summed E-state index contributed by atoms with van der Waals surface area (Å²) >= 11 is 0. The summed E-state index contributed by atoms with van der Waals surface area (Å²) in [5.74, 6) is 1.01. The van der Waals surface area contributed by atoms with Gasteiger partial charge in [-0.15, -0.1) is 0 Å². The predicted octanol–water partition coefficient (Wildman–Crippen LogP) is 4.40. The van der Waals surface area contributed by atoms with Gasteiger partial charge >= 0.3 is 0 Å². The molecule has 0 radical (unpaired) electrons. The van der Waals surface area contributed by atoms with Gasteiger partial charge in [-0.3, -0.25) is 14.6 Å². The summed E-state index contributed by atoms with van der Waals surface area (Å²) in [5, 5.41) is 3.27. The number of pyridine rings is 1. The van der Waals surface area contributed by atoms with E-state index in [1.165, 1.54) is 0 Å². The van der Waals surface area contributed by atoms with Gasteiger partial charge in [0.05, 0.1) is 25.0 Å². The van der Waals surface area contributed by atoms with Crippen molar-refractivity contribution in [1.29, 1.82) is 0 Å². The van der Waals surface area contributed by atoms with E-state index in [0.29, 0.717) is 12.5 Å². The van der Waals surface area contributed by atoms with Crippen LogP contribution in [0.1, 0.15) is 48.4 Å². The van der Waals surface area contributed by atoms with Gasteiger partial charge in [0, 0.05) is 37.6 Å². The first kappa shape index (κ1) is 26.9. The van der Waals surface area contributed by atoms with Crippen LogP contribution in [0.5, 0.6) is 5.75 Å².